The lowest BCUT2D eigenvalue weighted by atomic mass is 9.82. The van der Waals surface area contributed by atoms with Crippen molar-refractivity contribution in [3.63, 3.8) is 0 Å². The molecule has 1 aliphatic rings. The van der Waals surface area contributed by atoms with Crippen LogP contribution in [-0.4, -0.2) is 10.2 Å². The Balaban J connectivity index is 1.96. The van der Waals surface area contributed by atoms with Crippen LogP contribution < -0.4 is 10.5 Å². The molecule has 27 heavy (non-hydrogen) atoms. The molecule has 1 aliphatic heterocycles. The average Bonchev–Trinajstić information content (AvgIpc) is 3.04. The number of hydrogen-bond donors (Lipinski definition) is 2. The Labute approximate surface area is 165 Å². The van der Waals surface area contributed by atoms with Crippen LogP contribution in [0.2, 0.25) is 0 Å². The van der Waals surface area contributed by atoms with Crippen LogP contribution in [0, 0.1) is 25.2 Å². The number of nitriles is 1. The van der Waals surface area contributed by atoms with Crippen LogP contribution in [0.15, 0.2) is 58.4 Å². The van der Waals surface area contributed by atoms with Crippen LogP contribution in [0.3, 0.4) is 0 Å². The largest absolute Gasteiger partial charge is 0.420 e. The van der Waals surface area contributed by atoms with Gasteiger partial charge >= 0.3 is 0 Å². The molecular formula is C21H17BrN4O. The third-order valence-electron chi connectivity index (χ3n) is 4.79. The molecular weight excluding hydrogens is 404 g/mol. The molecule has 6 heteroatoms. The summed E-state index contributed by atoms with van der Waals surface area (Å²) in [6.07, 6.45) is 0. The van der Waals surface area contributed by atoms with E-state index in [1.165, 1.54) is 5.56 Å². The summed E-state index contributed by atoms with van der Waals surface area (Å²) in [4.78, 5) is 0. The summed E-state index contributed by atoms with van der Waals surface area (Å²) in [5.74, 6) is 0.160. The maximum absolute atomic E-state index is 9.76. The average molecular weight is 421 g/mol. The molecule has 0 unspecified atom stereocenters. The van der Waals surface area contributed by atoms with Crippen LogP contribution in [0.4, 0.5) is 0 Å². The van der Waals surface area contributed by atoms with Gasteiger partial charge in [0.1, 0.15) is 11.6 Å². The van der Waals surface area contributed by atoms with Crippen molar-refractivity contribution in [2.24, 2.45) is 5.73 Å². The Bertz CT molecular complexity index is 1110. The number of hydrogen-bond acceptors (Lipinski definition) is 4. The first-order valence-corrected chi connectivity index (χ1v) is 9.28. The highest BCUT2D eigenvalue weighted by Gasteiger charge is 2.35. The van der Waals surface area contributed by atoms with Crippen molar-refractivity contribution >= 4 is 15.9 Å². The fourth-order valence-corrected chi connectivity index (χ4v) is 3.80. The molecule has 4 rings (SSSR count). The predicted molar refractivity (Wildman–Crippen MR) is 107 cm³/mol. The topological polar surface area (TPSA) is 87.7 Å². The first-order chi connectivity index (χ1) is 13.0. The van der Waals surface area contributed by atoms with Crippen molar-refractivity contribution in [1.29, 1.82) is 5.26 Å². The summed E-state index contributed by atoms with van der Waals surface area (Å²) in [6.45, 7) is 4.12. The lowest BCUT2D eigenvalue weighted by molar-refractivity contribution is 0.379. The van der Waals surface area contributed by atoms with E-state index >= 15 is 0 Å². The standard InChI is InChI=1S/C21H17BrN4O/c1-11-3-8-15(12(2)9-11)19-18-17(13-4-6-14(22)7-5-13)16(10-23)20(24)27-21(18)26-25-19/h3-9,17H,24H2,1-2H3,(H,25,26)/t17-/m1/s1. The number of allylic oxidation sites excluding steroid dienone is 1. The van der Waals surface area contributed by atoms with Gasteiger partial charge in [-0.1, -0.05) is 51.8 Å². The molecule has 0 radical (unpaired) electrons. The summed E-state index contributed by atoms with van der Waals surface area (Å²) in [5, 5.41) is 17.2. The molecule has 2 heterocycles. The predicted octanol–water partition coefficient (Wildman–Crippen LogP) is 4.67. The van der Waals surface area contributed by atoms with Crippen LogP contribution >= 0.6 is 15.9 Å². The number of aromatic nitrogens is 2. The summed E-state index contributed by atoms with van der Waals surface area (Å²) in [5.41, 5.74) is 12.4. The normalized spacial score (nSPS) is 15.9. The van der Waals surface area contributed by atoms with Crippen LogP contribution in [0.5, 0.6) is 5.88 Å². The van der Waals surface area contributed by atoms with Crippen molar-refractivity contribution < 1.29 is 4.74 Å². The quantitative estimate of drug-likeness (QED) is 0.629. The van der Waals surface area contributed by atoms with Gasteiger partial charge in [0, 0.05) is 10.0 Å². The van der Waals surface area contributed by atoms with E-state index in [2.05, 4.69) is 64.2 Å². The molecule has 5 nitrogen and oxygen atoms in total. The Hall–Kier alpha value is -3.04. The number of H-pyrrole nitrogens is 1. The molecule has 0 bridgehead atoms. The van der Waals surface area contributed by atoms with Gasteiger partial charge in [0.05, 0.1) is 17.2 Å². The molecule has 3 aromatic rings. The van der Waals surface area contributed by atoms with E-state index in [0.717, 1.165) is 32.4 Å². The number of ether oxygens (including phenoxy) is 1. The Morgan fingerprint density at radius 3 is 2.59 bits per heavy atom. The number of nitrogens with two attached hydrogens (primary N) is 1. The van der Waals surface area contributed by atoms with Crippen molar-refractivity contribution in [3.8, 4) is 23.2 Å². The number of fused-ring (bicyclic) bond motifs is 1. The van der Waals surface area contributed by atoms with Crippen molar-refractivity contribution in [2.75, 3.05) is 0 Å². The number of benzene rings is 2. The second-order valence-electron chi connectivity index (χ2n) is 6.61. The Morgan fingerprint density at radius 2 is 1.93 bits per heavy atom. The molecule has 0 saturated heterocycles. The van der Waals surface area contributed by atoms with Gasteiger partial charge in [-0.05, 0) is 37.1 Å². The van der Waals surface area contributed by atoms with Gasteiger partial charge in [0.25, 0.3) is 0 Å². The second-order valence-corrected chi connectivity index (χ2v) is 7.53. The van der Waals surface area contributed by atoms with E-state index in [4.69, 9.17) is 10.5 Å². The van der Waals surface area contributed by atoms with E-state index in [1.807, 2.05) is 24.3 Å². The Morgan fingerprint density at radius 1 is 1.19 bits per heavy atom. The summed E-state index contributed by atoms with van der Waals surface area (Å²) in [6, 6.07) is 16.3. The molecule has 0 saturated carbocycles. The highest BCUT2D eigenvalue weighted by molar-refractivity contribution is 9.10. The molecule has 0 amide bonds. The zero-order valence-corrected chi connectivity index (χ0v) is 16.5. The van der Waals surface area contributed by atoms with Crippen molar-refractivity contribution in [3.05, 3.63) is 80.6 Å². The van der Waals surface area contributed by atoms with E-state index < -0.39 is 0 Å². The minimum atomic E-state index is -0.346. The molecule has 0 aliphatic carbocycles. The van der Waals surface area contributed by atoms with Gasteiger partial charge < -0.3 is 10.5 Å². The van der Waals surface area contributed by atoms with Gasteiger partial charge in [0.2, 0.25) is 11.8 Å². The summed E-state index contributed by atoms with van der Waals surface area (Å²) >= 11 is 3.46. The molecule has 134 valence electrons. The van der Waals surface area contributed by atoms with E-state index in [-0.39, 0.29) is 11.8 Å². The monoisotopic (exact) mass is 420 g/mol. The first-order valence-electron chi connectivity index (χ1n) is 8.48. The summed E-state index contributed by atoms with van der Waals surface area (Å²) < 4.78 is 6.63. The maximum atomic E-state index is 9.76. The maximum Gasteiger partial charge on any atom is 0.244 e. The van der Waals surface area contributed by atoms with Crippen LogP contribution in [0.1, 0.15) is 28.2 Å². The van der Waals surface area contributed by atoms with Gasteiger partial charge in [-0.2, -0.15) is 5.26 Å². The second kappa shape index (κ2) is 6.60. The van der Waals surface area contributed by atoms with Crippen LogP contribution in [-0.2, 0) is 0 Å². The number of nitrogens with one attached hydrogen (secondary N) is 1. The minimum Gasteiger partial charge on any atom is -0.420 e. The lowest BCUT2D eigenvalue weighted by Gasteiger charge is -2.24. The number of aryl methyl sites for hydroxylation is 2. The third-order valence-corrected chi connectivity index (χ3v) is 5.32. The number of rotatable bonds is 2. The van der Waals surface area contributed by atoms with Gasteiger partial charge in [-0.25, -0.2) is 0 Å². The SMILES string of the molecule is Cc1ccc(-c2[nH]nc3c2[C@H](c2ccc(Br)cc2)C(C#N)=C(N)O3)c(C)c1. The minimum absolute atomic E-state index is 0.0941. The first kappa shape index (κ1) is 17.4. The highest BCUT2D eigenvalue weighted by Crippen LogP contribution is 2.46. The molecule has 0 fully saturated rings. The number of halogens is 1. The molecule has 2 aromatic carbocycles. The third kappa shape index (κ3) is 2.90. The van der Waals surface area contributed by atoms with E-state index in [0.29, 0.717) is 11.5 Å². The van der Waals surface area contributed by atoms with Gasteiger partial charge in [-0.15, -0.1) is 5.10 Å². The fourth-order valence-electron chi connectivity index (χ4n) is 3.53. The lowest BCUT2D eigenvalue weighted by Crippen LogP contribution is -2.21. The van der Waals surface area contributed by atoms with Gasteiger partial charge in [-0.3, -0.25) is 5.10 Å². The highest BCUT2D eigenvalue weighted by atomic mass is 79.9. The molecule has 1 aromatic heterocycles. The molecule has 1 atom stereocenters. The zero-order valence-electron chi connectivity index (χ0n) is 14.9. The van der Waals surface area contributed by atoms with Crippen molar-refractivity contribution in [2.45, 2.75) is 19.8 Å². The fraction of sp³-hybridized carbons (Fsp3) is 0.143. The number of aromatic amines is 1. The van der Waals surface area contributed by atoms with E-state index in [1.54, 1.807) is 0 Å². The molecule has 3 N–H and O–H groups in total. The molecule has 0 spiro atoms. The zero-order chi connectivity index (χ0) is 19.1. The van der Waals surface area contributed by atoms with Crippen LogP contribution in [0.25, 0.3) is 11.3 Å². The van der Waals surface area contributed by atoms with Gasteiger partial charge in [0.15, 0.2) is 0 Å². The summed E-state index contributed by atoms with van der Waals surface area (Å²) in [7, 11) is 0. The number of nitrogens with zero attached hydrogens (tertiary/aromatic N) is 2. The van der Waals surface area contributed by atoms with Crippen molar-refractivity contribution in [1.82, 2.24) is 10.2 Å². The van der Waals surface area contributed by atoms with E-state index in [9.17, 15) is 5.26 Å². The Kier molecular flexibility index (Phi) is 4.25. The smallest absolute Gasteiger partial charge is 0.244 e.